The van der Waals surface area contributed by atoms with Gasteiger partial charge in [-0.25, -0.2) is 4.99 Å². The maximum Gasteiger partial charge on any atom is 0.288 e. The Kier molecular flexibility index (Phi) is 5.09. The van der Waals surface area contributed by atoms with Gasteiger partial charge in [-0.1, -0.05) is 25.4 Å². The van der Waals surface area contributed by atoms with Gasteiger partial charge in [0.1, 0.15) is 5.02 Å². The second-order valence-corrected chi connectivity index (χ2v) is 4.34. The van der Waals surface area contributed by atoms with E-state index in [1.54, 1.807) is 6.07 Å². The third-order valence-corrected chi connectivity index (χ3v) is 2.46. The minimum absolute atomic E-state index is 0.0702. The third-order valence-electron chi connectivity index (χ3n) is 2.15. The number of halogens is 1. The van der Waals surface area contributed by atoms with Crippen molar-refractivity contribution in [3.05, 3.63) is 33.3 Å². The van der Waals surface area contributed by atoms with Gasteiger partial charge < -0.3 is 4.74 Å². The third kappa shape index (κ3) is 3.70. The van der Waals surface area contributed by atoms with E-state index in [9.17, 15) is 10.1 Å². The Morgan fingerprint density at radius 2 is 2.22 bits per heavy atom. The number of aliphatic imine (C=N–C) groups is 1. The first kappa shape index (κ1) is 14.4. The van der Waals surface area contributed by atoms with Crippen molar-refractivity contribution in [2.45, 2.75) is 20.8 Å². The van der Waals surface area contributed by atoms with Gasteiger partial charge in [0.2, 0.25) is 0 Å². The summed E-state index contributed by atoms with van der Waals surface area (Å²) in [5.41, 5.74) is 0.417. The van der Waals surface area contributed by atoms with Crippen molar-refractivity contribution in [2.24, 2.45) is 10.9 Å². The van der Waals surface area contributed by atoms with E-state index >= 15 is 0 Å². The summed E-state index contributed by atoms with van der Waals surface area (Å²) >= 11 is 5.81. The second-order valence-electron chi connectivity index (χ2n) is 3.93. The van der Waals surface area contributed by atoms with E-state index in [1.807, 2.05) is 20.8 Å². The Morgan fingerprint density at radius 1 is 1.56 bits per heavy atom. The Balaban J connectivity index is 3.07. The number of nitro groups is 1. The summed E-state index contributed by atoms with van der Waals surface area (Å²) in [5.74, 6) is 0.723. The van der Waals surface area contributed by atoms with Gasteiger partial charge in [0.25, 0.3) is 5.69 Å². The molecule has 0 atom stereocenters. The number of nitrogens with zero attached hydrogens (tertiary/aromatic N) is 2. The van der Waals surface area contributed by atoms with Gasteiger partial charge in [0.15, 0.2) is 5.90 Å². The van der Waals surface area contributed by atoms with Crippen molar-refractivity contribution >= 4 is 28.9 Å². The first-order chi connectivity index (χ1) is 8.45. The smallest absolute Gasteiger partial charge is 0.288 e. The van der Waals surface area contributed by atoms with Crippen LogP contribution in [0.5, 0.6) is 0 Å². The molecule has 0 saturated carbocycles. The highest BCUT2D eigenvalue weighted by Gasteiger charge is 2.13. The van der Waals surface area contributed by atoms with Crippen LogP contribution in [0.3, 0.4) is 0 Å². The number of hydrogen-bond donors (Lipinski definition) is 0. The lowest BCUT2D eigenvalue weighted by Gasteiger charge is -2.10. The molecule has 98 valence electrons. The molecule has 0 aromatic heterocycles. The average molecular weight is 271 g/mol. The summed E-state index contributed by atoms with van der Waals surface area (Å²) in [7, 11) is 0. The molecule has 0 bridgehead atoms. The average Bonchev–Trinajstić information content (AvgIpc) is 2.27. The largest absolute Gasteiger partial charge is 0.481 e. The molecule has 0 aliphatic carbocycles. The summed E-state index contributed by atoms with van der Waals surface area (Å²) in [4.78, 5) is 14.4. The zero-order chi connectivity index (χ0) is 13.7. The molecule has 6 heteroatoms. The zero-order valence-electron chi connectivity index (χ0n) is 10.5. The van der Waals surface area contributed by atoms with Gasteiger partial charge in [0, 0.05) is 12.0 Å². The number of ether oxygens (including phenoxy) is 1. The van der Waals surface area contributed by atoms with Crippen molar-refractivity contribution in [2.75, 3.05) is 6.61 Å². The van der Waals surface area contributed by atoms with Crippen molar-refractivity contribution in [3.8, 4) is 0 Å². The molecule has 0 N–H and O–H groups in total. The number of benzene rings is 1. The van der Waals surface area contributed by atoms with Crippen LogP contribution in [0.15, 0.2) is 23.2 Å². The van der Waals surface area contributed by atoms with E-state index in [1.165, 1.54) is 12.1 Å². The maximum absolute atomic E-state index is 10.6. The second kappa shape index (κ2) is 6.35. The van der Waals surface area contributed by atoms with Crippen LogP contribution in [-0.4, -0.2) is 17.4 Å². The minimum atomic E-state index is -0.526. The zero-order valence-corrected chi connectivity index (χ0v) is 11.3. The van der Waals surface area contributed by atoms with Gasteiger partial charge in [-0.3, -0.25) is 10.1 Å². The molecule has 1 aromatic rings. The Morgan fingerprint density at radius 3 is 2.67 bits per heavy atom. The van der Waals surface area contributed by atoms with Gasteiger partial charge >= 0.3 is 0 Å². The van der Waals surface area contributed by atoms with Crippen LogP contribution in [0.2, 0.25) is 5.02 Å². The van der Waals surface area contributed by atoms with Crippen LogP contribution in [-0.2, 0) is 4.74 Å². The van der Waals surface area contributed by atoms with Crippen LogP contribution < -0.4 is 0 Å². The van der Waals surface area contributed by atoms with Gasteiger partial charge in [-0.2, -0.15) is 0 Å². The predicted octanol–water partition coefficient (Wildman–Crippen LogP) is 3.97. The first-order valence-electron chi connectivity index (χ1n) is 5.61. The summed E-state index contributed by atoms with van der Waals surface area (Å²) in [6.45, 7) is 6.32. The monoisotopic (exact) mass is 270 g/mol. The van der Waals surface area contributed by atoms with Gasteiger partial charge in [-0.15, -0.1) is 0 Å². The predicted molar refractivity (Wildman–Crippen MR) is 71.7 cm³/mol. The molecule has 0 spiro atoms. The fourth-order valence-corrected chi connectivity index (χ4v) is 1.56. The number of rotatable bonds is 4. The molecule has 18 heavy (non-hydrogen) atoms. The van der Waals surface area contributed by atoms with Crippen LogP contribution in [0.25, 0.3) is 0 Å². The molecule has 0 unspecified atom stereocenters. The first-order valence-corrected chi connectivity index (χ1v) is 5.98. The molecule has 5 nitrogen and oxygen atoms in total. The summed E-state index contributed by atoms with van der Waals surface area (Å²) < 4.78 is 5.40. The Hall–Kier alpha value is -1.62. The van der Waals surface area contributed by atoms with Crippen molar-refractivity contribution in [1.82, 2.24) is 0 Å². The standard InChI is InChI=1S/C12H15ClN2O3/c1-4-18-12(8(2)3)14-9-5-6-11(15(16)17)10(13)7-9/h5-8H,4H2,1-3H3/b14-12-. The highest BCUT2D eigenvalue weighted by atomic mass is 35.5. The normalized spacial score (nSPS) is 11.7. The fraction of sp³-hybridized carbons (Fsp3) is 0.417. The van der Waals surface area contributed by atoms with E-state index in [0.717, 1.165) is 0 Å². The maximum atomic E-state index is 10.6. The molecule has 1 rings (SSSR count). The molecule has 0 fully saturated rings. The minimum Gasteiger partial charge on any atom is -0.481 e. The summed E-state index contributed by atoms with van der Waals surface area (Å²) in [6, 6.07) is 4.34. The van der Waals surface area contributed by atoms with Crippen LogP contribution in [0, 0.1) is 16.0 Å². The van der Waals surface area contributed by atoms with E-state index in [0.29, 0.717) is 18.2 Å². The van der Waals surface area contributed by atoms with Crippen molar-refractivity contribution < 1.29 is 9.66 Å². The lowest BCUT2D eigenvalue weighted by atomic mass is 10.2. The van der Waals surface area contributed by atoms with E-state index in [-0.39, 0.29) is 16.6 Å². The highest BCUT2D eigenvalue weighted by molar-refractivity contribution is 6.32. The SMILES string of the molecule is CCO/C(=N\c1ccc([N+](=O)[O-])c(Cl)c1)C(C)C. The molecule has 0 aliphatic rings. The Labute approximate surface area is 111 Å². The summed E-state index contributed by atoms with van der Waals surface area (Å²) in [5, 5.41) is 10.7. The topological polar surface area (TPSA) is 64.7 Å². The Bertz CT molecular complexity index is 472. The van der Waals surface area contributed by atoms with Crippen LogP contribution in [0.4, 0.5) is 11.4 Å². The van der Waals surface area contributed by atoms with Gasteiger partial charge in [-0.05, 0) is 19.1 Å². The lowest BCUT2D eigenvalue weighted by Crippen LogP contribution is -2.11. The van der Waals surface area contributed by atoms with E-state index < -0.39 is 4.92 Å². The molecular formula is C12H15ClN2O3. The van der Waals surface area contributed by atoms with Gasteiger partial charge in [0.05, 0.1) is 17.2 Å². The fourth-order valence-electron chi connectivity index (χ4n) is 1.32. The quantitative estimate of drug-likeness (QED) is 0.360. The van der Waals surface area contributed by atoms with Crippen LogP contribution >= 0.6 is 11.6 Å². The van der Waals surface area contributed by atoms with E-state index in [2.05, 4.69) is 4.99 Å². The molecule has 0 amide bonds. The lowest BCUT2D eigenvalue weighted by molar-refractivity contribution is -0.384. The molecule has 0 radical (unpaired) electrons. The van der Waals surface area contributed by atoms with Crippen molar-refractivity contribution in [1.29, 1.82) is 0 Å². The highest BCUT2D eigenvalue weighted by Crippen LogP contribution is 2.29. The molecule has 0 saturated heterocycles. The molecule has 0 heterocycles. The van der Waals surface area contributed by atoms with Crippen molar-refractivity contribution in [3.63, 3.8) is 0 Å². The number of hydrogen-bond acceptors (Lipinski definition) is 4. The summed E-state index contributed by atoms with van der Waals surface area (Å²) in [6.07, 6.45) is 0. The van der Waals surface area contributed by atoms with E-state index in [4.69, 9.17) is 16.3 Å². The molecule has 1 aromatic carbocycles. The molecule has 0 aliphatic heterocycles. The van der Waals surface area contributed by atoms with Crippen LogP contribution in [0.1, 0.15) is 20.8 Å². The molecular weight excluding hydrogens is 256 g/mol. The number of nitro benzene ring substituents is 1.